The number of thioether (sulfide) groups is 1. The van der Waals surface area contributed by atoms with Gasteiger partial charge in [-0.05, 0) is 42.0 Å². The van der Waals surface area contributed by atoms with E-state index in [1.807, 2.05) is 0 Å². The number of imide groups is 1. The molecule has 4 N–H and O–H groups in total. The van der Waals surface area contributed by atoms with E-state index >= 15 is 0 Å². The summed E-state index contributed by atoms with van der Waals surface area (Å²) >= 11 is 1.30. The van der Waals surface area contributed by atoms with Crippen LogP contribution in [-0.4, -0.2) is 45.5 Å². The predicted molar refractivity (Wildman–Crippen MR) is 136 cm³/mol. The highest BCUT2D eigenvalue weighted by atomic mass is 32.2. The number of amides is 2. The van der Waals surface area contributed by atoms with Crippen molar-refractivity contribution in [1.82, 2.24) is 0 Å². The third-order valence-electron chi connectivity index (χ3n) is 5.98. The van der Waals surface area contributed by atoms with Gasteiger partial charge in [0.05, 0.1) is 16.5 Å². The zero-order chi connectivity index (χ0) is 25.6. The minimum Gasteiger partial charge on any atom is -0.508 e. The number of carboxylic acids is 1. The number of nitrogens with zero attached hydrogens (tertiary/aromatic N) is 1. The molecule has 1 unspecified atom stereocenters. The molecule has 1 aliphatic carbocycles. The number of hydrogen-bond acceptors (Lipinski definition) is 8. The highest BCUT2D eigenvalue weighted by molar-refractivity contribution is 8.00. The van der Waals surface area contributed by atoms with Gasteiger partial charge in [0.2, 0.25) is 11.8 Å². The van der Waals surface area contributed by atoms with Gasteiger partial charge in [0.1, 0.15) is 17.1 Å². The van der Waals surface area contributed by atoms with Crippen molar-refractivity contribution in [2.75, 3.05) is 17.2 Å². The van der Waals surface area contributed by atoms with Crippen molar-refractivity contribution < 1.29 is 29.0 Å². The van der Waals surface area contributed by atoms with Crippen molar-refractivity contribution >= 4 is 46.2 Å². The van der Waals surface area contributed by atoms with Gasteiger partial charge in [-0.3, -0.25) is 14.4 Å². The second-order valence-corrected chi connectivity index (χ2v) is 9.58. The Bertz CT molecular complexity index is 1580. The van der Waals surface area contributed by atoms with E-state index in [-0.39, 0.29) is 40.2 Å². The molecule has 2 heterocycles. The van der Waals surface area contributed by atoms with E-state index in [0.29, 0.717) is 34.4 Å². The maximum Gasteiger partial charge on any atom is 0.336 e. The van der Waals surface area contributed by atoms with E-state index in [1.54, 1.807) is 12.1 Å². The van der Waals surface area contributed by atoms with Crippen LogP contribution in [0.25, 0.3) is 33.4 Å². The lowest BCUT2D eigenvalue weighted by atomic mass is 9.90. The SMILES string of the molecule is NCCSC1CC(=O)N(c2ccc(-c3c4ccc(=O)cc-4oc4cc(O)ccc34)c(C(=O)O)c2)C1=O. The van der Waals surface area contributed by atoms with Crippen molar-refractivity contribution in [3.05, 3.63) is 70.4 Å². The first kappa shape index (κ1) is 23.6. The monoisotopic (exact) mass is 504 g/mol. The molecule has 2 amide bonds. The molecule has 1 saturated heterocycles. The molecule has 5 rings (SSSR count). The van der Waals surface area contributed by atoms with Gasteiger partial charge in [0.25, 0.3) is 0 Å². The molecule has 2 aromatic carbocycles. The Morgan fingerprint density at radius 3 is 2.58 bits per heavy atom. The maximum absolute atomic E-state index is 12.9. The number of anilines is 1. The molecule has 2 aromatic rings. The standard InChI is InChI=1S/C26H20N2O7S/c27-7-8-36-22-12-23(31)28(25(22)32)13-1-4-16(19(9-13)26(33)34)24-17-5-2-14(29)10-20(17)35-21-11-15(30)3-6-18(21)24/h1-6,9-11,22,29H,7-8,12,27H2,(H,33,34). The number of aromatic hydroxyl groups is 1. The average Bonchev–Trinajstić information content (AvgIpc) is 3.13. The molecule has 0 spiro atoms. The first-order chi connectivity index (χ1) is 17.3. The molecule has 3 aliphatic rings. The van der Waals surface area contributed by atoms with Crippen molar-refractivity contribution in [2.45, 2.75) is 11.7 Å². The molecular formula is C26H20N2O7S. The summed E-state index contributed by atoms with van der Waals surface area (Å²) in [5.41, 5.74) is 6.78. The van der Waals surface area contributed by atoms with Crippen LogP contribution in [0.1, 0.15) is 16.8 Å². The number of rotatable bonds is 6. The third-order valence-corrected chi connectivity index (χ3v) is 7.22. The minimum atomic E-state index is -1.26. The molecular weight excluding hydrogens is 484 g/mol. The van der Waals surface area contributed by atoms with Crippen LogP contribution in [0, 0.1) is 0 Å². The van der Waals surface area contributed by atoms with Crippen LogP contribution in [0.4, 0.5) is 5.69 Å². The van der Waals surface area contributed by atoms with E-state index in [0.717, 1.165) is 4.90 Å². The summed E-state index contributed by atoms with van der Waals surface area (Å²) in [5.74, 6) is -1.39. The molecule has 0 bridgehead atoms. The molecule has 2 aliphatic heterocycles. The van der Waals surface area contributed by atoms with Crippen molar-refractivity contribution in [1.29, 1.82) is 0 Å². The highest BCUT2D eigenvalue weighted by Gasteiger charge is 2.40. The lowest BCUT2D eigenvalue weighted by Gasteiger charge is -2.19. The highest BCUT2D eigenvalue weighted by Crippen LogP contribution is 2.43. The van der Waals surface area contributed by atoms with Gasteiger partial charge in [-0.1, -0.05) is 6.07 Å². The van der Waals surface area contributed by atoms with Crippen molar-refractivity contribution in [2.24, 2.45) is 5.73 Å². The fourth-order valence-corrected chi connectivity index (χ4v) is 5.36. The normalized spacial score (nSPS) is 15.8. The second-order valence-electron chi connectivity index (χ2n) is 8.27. The Morgan fingerprint density at radius 1 is 1.06 bits per heavy atom. The Balaban J connectivity index is 1.70. The topological polar surface area (TPSA) is 151 Å². The second kappa shape index (κ2) is 9.14. The van der Waals surface area contributed by atoms with E-state index in [4.69, 9.17) is 10.2 Å². The summed E-state index contributed by atoms with van der Waals surface area (Å²) in [6, 6.07) is 13.0. The Morgan fingerprint density at radius 2 is 1.83 bits per heavy atom. The number of carbonyl (C=O) groups excluding carboxylic acids is 2. The van der Waals surface area contributed by atoms with Gasteiger partial charge in [-0.2, -0.15) is 0 Å². The van der Waals surface area contributed by atoms with Crippen LogP contribution in [0.3, 0.4) is 0 Å². The molecule has 0 radical (unpaired) electrons. The summed E-state index contributed by atoms with van der Waals surface area (Å²) < 4.78 is 5.83. The van der Waals surface area contributed by atoms with E-state index in [1.165, 1.54) is 54.2 Å². The fraction of sp³-hybridized carbons (Fsp3) is 0.154. The van der Waals surface area contributed by atoms with Crippen LogP contribution < -0.4 is 16.1 Å². The summed E-state index contributed by atoms with van der Waals surface area (Å²) in [6.07, 6.45) is 0.0180. The zero-order valence-electron chi connectivity index (χ0n) is 18.8. The summed E-state index contributed by atoms with van der Waals surface area (Å²) in [5, 5.41) is 20.0. The lowest BCUT2D eigenvalue weighted by molar-refractivity contribution is -0.121. The molecule has 10 heteroatoms. The number of nitrogens with two attached hydrogens (primary N) is 1. The molecule has 1 fully saturated rings. The number of hydrogen-bond donors (Lipinski definition) is 3. The molecule has 182 valence electrons. The first-order valence-corrected chi connectivity index (χ1v) is 12.1. The third kappa shape index (κ3) is 4.00. The minimum absolute atomic E-state index is 0.0180. The Hall–Kier alpha value is -4.15. The zero-order valence-corrected chi connectivity index (χ0v) is 19.6. The van der Waals surface area contributed by atoms with Gasteiger partial charge in [-0.15, -0.1) is 11.8 Å². The van der Waals surface area contributed by atoms with Crippen LogP contribution >= 0.6 is 11.8 Å². The average molecular weight is 505 g/mol. The van der Waals surface area contributed by atoms with E-state index < -0.39 is 23.0 Å². The Kier molecular flexibility index (Phi) is 5.99. The summed E-state index contributed by atoms with van der Waals surface area (Å²) in [7, 11) is 0. The smallest absolute Gasteiger partial charge is 0.336 e. The molecule has 1 atom stereocenters. The number of phenolic OH excluding ortho intramolecular Hbond substituents is 1. The van der Waals surface area contributed by atoms with Crippen molar-refractivity contribution in [3.8, 4) is 28.2 Å². The largest absolute Gasteiger partial charge is 0.508 e. The predicted octanol–water partition coefficient (Wildman–Crippen LogP) is 3.29. The number of fused-ring (bicyclic) bond motifs is 2. The van der Waals surface area contributed by atoms with Gasteiger partial charge < -0.3 is 20.4 Å². The van der Waals surface area contributed by atoms with Gasteiger partial charge in [0.15, 0.2) is 5.43 Å². The Labute approximate surface area is 208 Å². The van der Waals surface area contributed by atoms with Gasteiger partial charge in [0, 0.05) is 47.4 Å². The number of carbonyl (C=O) groups is 3. The fourth-order valence-electron chi connectivity index (χ4n) is 4.43. The van der Waals surface area contributed by atoms with Crippen molar-refractivity contribution in [3.63, 3.8) is 0 Å². The maximum atomic E-state index is 12.9. The number of phenols is 1. The van der Waals surface area contributed by atoms with Crippen LogP contribution in [0.15, 0.2) is 63.8 Å². The van der Waals surface area contributed by atoms with E-state index in [2.05, 4.69) is 0 Å². The number of carboxylic acid groups (broad SMARTS) is 1. The number of aromatic carboxylic acids is 1. The first-order valence-electron chi connectivity index (χ1n) is 11.0. The van der Waals surface area contributed by atoms with Crippen LogP contribution in [-0.2, 0) is 9.59 Å². The van der Waals surface area contributed by atoms with Crippen LogP contribution in [0.5, 0.6) is 5.75 Å². The number of benzene rings is 3. The summed E-state index contributed by atoms with van der Waals surface area (Å²) in [6.45, 7) is 0.372. The molecule has 36 heavy (non-hydrogen) atoms. The quantitative estimate of drug-likeness (QED) is 0.265. The lowest BCUT2D eigenvalue weighted by Crippen LogP contribution is -2.31. The van der Waals surface area contributed by atoms with Gasteiger partial charge >= 0.3 is 5.97 Å². The van der Waals surface area contributed by atoms with Gasteiger partial charge in [-0.25, -0.2) is 9.69 Å². The van der Waals surface area contributed by atoms with E-state index in [9.17, 15) is 29.4 Å². The molecule has 0 saturated carbocycles. The summed E-state index contributed by atoms with van der Waals surface area (Å²) in [4.78, 5) is 50.9. The van der Waals surface area contributed by atoms with Crippen LogP contribution in [0.2, 0.25) is 0 Å². The molecule has 0 aromatic heterocycles. The molecule has 9 nitrogen and oxygen atoms in total.